The number of nitrogens with zero attached hydrogens (tertiary/aromatic N) is 1. The Bertz CT molecular complexity index is 600. The van der Waals surface area contributed by atoms with Gasteiger partial charge in [0.2, 0.25) is 5.88 Å². The molecule has 92 valence electrons. The van der Waals surface area contributed by atoms with Crippen LogP contribution < -0.4 is 4.74 Å². The summed E-state index contributed by atoms with van der Waals surface area (Å²) < 4.78 is 6.57. The van der Waals surface area contributed by atoms with Crippen molar-refractivity contribution in [2.24, 2.45) is 0 Å². The second kappa shape index (κ2) is 4.90. The second-order valence-electron chi connectivity index (χ2n) is 4.33. The van der Waals surface area contributed by atoms with E-state index < -0.39 is 0 Å². The molecule has 0 N–H and O–H groups in total. The zero-order valence-corrected chi connectivity index (χ0v) is 12.0. The Balaban J connectivity index is 1.88. The number of ether oxygens (including phenoxy) is 1. The summed E-state index contributed by atoms with van der Waals surface area (Å²) in [4.78, 5) is 4.17. The molecule has 0 fully saturated rings. The van der Waals surface area contributed by atoms with E-state index in [-0.39, 0.29) is 0 Å². The zero-order valence-electron chi connectivity index (χ0n) is 9.62. The average Bonchev–Trinajstić information content (AvgIpc) is 2.80. The summed E-state index contributed by atoms with van der Waals surface area (Å²) in [5.41, 5.74) is 2.80. The van der Waals surface area contributed by atoms with Crippen LogP contribution in [0, 0.1) is 0 Å². The van der Waals surface area contributed by atoms with Crippen molar-refractivity contribution in [3.05, 3.63) is 51.1 Å². The Kier molecular flexibility index (Phi) is 3.27. The number of pyridine rings is 1. The number of benzene rings is 1. The third-order valence-electron chi connectivity index (χ3n) is 3.06. The van der Waals surface area contributed by atoms with Crippen LogP contribution in [0.5, 0.6) is 11.6 Å². The van der Waals surface area contributed by atoms with E-state index >= 15 is 0 Å². The minimum atomic E-state index is 0.442. The van der Waals surface area contributed by atoms with Gasteiger partial charge in [0.25, 0.3) is 0 Å². The zero-order chi connectivity index (χ0) is 12.5. The van der Waals surface area contributed by atoms with Crippen molar-refractivity contribution >= 4 is 27.5 Å². The molecule has 4 heteroatoms. The molecule has 1 aliphatic rings. The molecule has 0 atom stereocenters. The highest BCUT2D eigenvalue weighted by molar-refractivity contribution is 9.10. The van der Waals surface area contributed by atoms with Gasteiger partial charge < -0.3 is 4.74 Å². The van der Waals surface area contributed by atoms with E-state index in [0.717, 1.165) is 16.6 Å². The van der Waals surface area contributed by atoms with E-state index in [1.807, 2.05) is 6.07 Å². The molecule has 0 amide bonds. The average molecular weight is 325 g/mol. The minimum absolute atomic E-state index is 0.442. The Morgan fingerprint density at radius 1 is 1.17 bits per heavy atom. The molecular formula is C14H11BrClNO. The molecule has 0 aliphatic heterocycles. The van der Waals surface area contributed by atoms with Crippen LogP contribution in [0.25, 0.3) is 0 Å². The lowest BCUT2D eigenvalue weighted by atomic mass is 10.1. The molecule has 1 aromatic carbocycles. The molecule has 0 bridgehead atoms. The Hall–Kier alpha value is -1.06. The van der Waals surface area contributed by atoms with Crippen LogP contribution in [0.15, 0.2) is 34.9 Å². The summed E-state index contributed by atoms with van der Waals surface area (Å²) in [6.45, 7) is 0. The van der Waals surface area contributed by atoms with Gasteiger partial charge in [-0.3, -0.25) is 0 Å². The fraction of sp³-hybridized carbons (Fsp3) is 0.214. The highest BCUT2D eigenvalue weighted by atomic mass is 79.9. The van der Waals surface area contributed by atoms with Crippen molar-refractivity contribution in [2.75, 3.05) is 0 Å². The van der Waals surface area contributed by atoms with Crippen LogP contribution in [0.2, 0.25) is 5.02 Å². The fourth-order valence-corrected chi connectivity index (χ4v) is 2.87. The maximum absolute atomic E-state index is 6.08. The fourth-order valence-electron chi connectivity index (χ4n) is 2.20. The van der Waals surface area contributed by atoms with E-state index in [9.17, 15) is 0 Å². The molecule has 1 aromatic heterocycles. The molecule has 1 aliphatic carbocycles. The molecule has 18 heavy (non-hydrogen) atoms. The summed E-state index contributed by atoms with van der Waals surface area (Å²) in [5, 5.41) is 0.505. The lowest BCUT2D eigenvalue weighted by Crippen LogP contribution is -1.90. The van der Waals surface area contributed by atoms with Gasteiger partial charge in [-0.15, -0.1) is 0 Å². The summed E-state index contributed by atoms with van der Waals surface area (Å²) in [6, 6.07) is 7.97. The normalized spacial score (nSPS) is 13.4. The summed E-state index contributed by atoms with van der Waals surface area (Å²) in [5.74, 6) is 1.24. The summed E-state index contributed by atoms with van der Waals surface area (Å²) in [7, 11) is 0. The van der Waals surface area contributed by atoms with Gasteiger partial charge in [0.15, 0.2) is 0 Å². The minimum Gasteiger partial charge on any atom is -0.438 e. The van der Waals surface area contributed by atoms with Gasteiger partial charge in [-0.2, -0.15) is 0 Å². The highest BCUT2D eigenvalue weighted by Gasteiger charge is 2.12. The first-order chi connectivity index (χ1) is 8.72. The highest BCUT2D eigenvalue weighted by Crippen LogP contribution is 2.32. The first-order valence-corrected chi connectivity index (χ1v) is 7.00. The molecule has 2 aromatic rings. The molecule has 0 unspecified atom stereocenters. The Morgan fingerprint density at radius 2 is 2.00 bits per heavy atom. The van der Waals surface area contributed by atoms with E-state index in [1.54, 1.807) is 12.3 Å². The van der Waals surface area contributed by atoms with E-state index in [1.165, 1.54) is 24.0 Å². The van der Waals surface area contributed by atoms with E-state index in [4.69, 9.17) is 16.3 Å². The van der Waals surface area contributed by atoms with E-state index in [2.05, 4.69) is 33.0 Å². The third-order valence-corrected chi connectivity index (χ3v) is 3.76. The maximum atomic E-state index is 6.08. The SMILES string of the molecule is Clc1cc(Br)cnc1Oc1ccc2c(c1)CCC2. The quantitative estimate of drug-likeness (QED) is 0.793. The molecule has 1 heterocycles. The first kappa shape index (κ1) is 12.0. The molecule has 0 saturated carbocycles. The van der Waals surface area contributed by atoms with Crippen LogP contribution in [-0.4, -0.2) is 4.98 Å². The van der Waals surface area contributed by atoms with E-state index in [0.29, 0.717) is 10.9 Å². The van der Waals surface area contributed by atoms with Gasteiger partial charge in [-0.1, -0.05) is 17.7 Å². The molecule has 0 radical (unpaired) electrons. The van der Waals surface area contributed by atoms with Crippen molar-refractivity contribution < 1.29 is 4.74 Å². The molecular weight excluding hydrogens is 314 g/mol. The Morgan fingerprint density at radius 3 is 2.83 bits per heavy atom. The number of hydrogen-bond donors (Lipinski definition) is 0. The van der Waals surface area contributed by atoms with Crippen LogP contribution in [-0.2, 0) is 12.8 Å². The van der Waals surface area contributed by atoms with Gasteiger partial charge in [0.05, 0.1) is 0 Å². The van der Waals surface area contributed by atoms with Crippen LogP contribution >= 0.6 is 27.5 Å². The molecule has 0 saturated heterocycles. The van der Waals surface area contributed by atoms with Crippen LogP contribution in [0.3, 0.4) is 0 Å². The van der Waals surface area contributed by atoms with Crippen molar-refractivity contribution in [1.29, 1.82) is 0 Å². The smallest absolute Gasteiger partial charge is 0.238 e. The maximum Gasteiger partial charge on any atom is 0.238 e. The topological polar surface area (TPSA) is 22.1 Å². The lowest BCUT2D eigenvalue weighted by molar-refractivity contribution is 0.462. The molecule has 0 spiro atoms. The van der Waals surface area contributed by atoms with Gasteiger partial charge in [0, 0.05) is 10.7 Å². The van der Waals surface area contributed by atoms with Gasteiger partial charge >= 0.3 is 0 Å². The van der Waals surface area contributed by atoms with Crippen LogP contribution in [0.1, 0.15) is 17.5 Å². The van der Waals surface area contributed by atoms with Crippen molar-refractivity contribution in [2.45, 2.75) is 19.3 Å². The number of halogens is 2. The largest absolute Gasteiger partial charge is 0.438 e. The standard InChI is InChI=1S/C14H11BrClNO/c15-11-7-13(16)14(17-8-11)18-12-5-4-9-2-1-3-10(9)6-12/h4-8H,1-3H2. The van der Waals surface area contributed by atoms with Gasteiger partial charge in [-0.25, -0.2) is 4.98 Å². The number of hydrogen-bond acceptors (Lipinski definition) is 2. The van der Waals surface area contributed by atoms with Gasteiger partial charge in [0.1, 0.15) is 10.8 Å². The third kappa shape index (κ3) is 2.38. The number of aromatic nitrogens is 1. The number of rotatable bonds is 2. The predicted molar refractivity (Wildman–Crippen MR) is 75.5 cm³/mol. The Labute approximate surface area is 119 Å². The lowest BCUT2D eigenvalue weighted by Gasteiger charge is -2.08. The summed E-state index contributed by atoms with van der Waals surface area (Å²) in [6.07, 6.45) is 5.21. The molecule has 2 nitrogen and oxygen atoms in total. The summed E-state index contributed by atoms with van der Waals surface area (Å²) >= 11 is 9.40. The van der Waals surface area contributed by atoms with Crippen LogP contribution in [0.4, 0.5) is 0 Å². The van der Waals surface area contributed by atoms with Gasteiger partial charge in [-0.05, 0) is 64.5 Å². The monoisotopic (exact) mass is 323 g/mol. The van der Waals surface area contributed by atoms with Crippen molar-refractivity contribution in [3.8, 4) is 11.6 Å². The molecule has 3 rings (SSSR count). The van der Waals surface area contributed by atoms with Crippen molar-refractivity contribution in [1.82, 2.24) is 4.98 Å². The number of fused-ring (bicyclic) bond motifs is 1. The van der Waals surface area contributed by atoms with Crippen molar-refractivity contribution in [3.63, 3.8) is 0 Å². The predicted octanol–water partition coefficient (Wildman–Crippen LogP) is 4.78. The second-order valence-corrected chi connectivity index (χ2v) is 5.65. The number of aryl methyl sites for hydroxylation is 2. The first-order valence-electron chi connectivity index (χ1n) is 5.83.